The standard InChI is InChI=1S/C21H22N2O2S/c1-4-23(5-2)15-11-10-14-12-16(21(24)25-18(14)13-15)20-22(3)17-8-6-7-9-19(17)26-20/h6-13,20H,4-5H2,1-3H3. The molecule has 0 saturated heterocycles. The van der Waals surface area contributed by atoms with Crippen molar-refractivity contribution in [2.24, 2.45) is 0 Å². The third-order valence-electron chi connectivity index (χ3n) is 4.98. The van der Waals surface area contributed by atoms with E-state index < -0.39 is 0 Å². The minimum absolute atomic E-state index is 0.0597. The molecule has 0 radical (unpaired) electrons. The van der Waals surface area contributed by atoms with Gasteiger partial charge in [-0.1, -0.05) is 23.9 Å². The molecule has 1 unspecified atom stereocenters. The molecule has 1 aliphatic rings. The van der Waals surface area contributed by atoms with Gasteiger partial charge in [0.2, 0.25) is 0 Å². The highest BCUT2D eigenvalue weighted by Gasteiger charge is 2.31. The molecule has 2 heterocycles. The van der Waals surface area contributed by atoms with Gasteiger partial charge in [0.15, 0.2) is 0 Å². The van der Waals surface area contributed by atoms with Crippen molar-refractivity contribution in [2.75, 3.05) is 29.9 Å². The molecular formula is C21H22N2O2S. The molecule has 4 rings (SSSR count). The largest absolute Gasteiger partial charge is 0.422 e. The first-order valence-corrected chi connectivity index (χ1v) is 9.81. The van der Waals surface area contributed by atoms with Crippen LogP contribution in [0.1, 0.15) is 24.8 Å². The van der Waals surface area contributed by atoms with E-state index in [1.165, 1.54) is 4.90 Å². The number of benzene rings is 2. The van der Waals surface area contributed by atoms with E-state index >= 15 is 0 Å². The van der Waals surface area contributed by atoms with Gasteiger partial charge in [0.25, 0.3) is 0 Å². The van der Waals surface area contributed by atoms with Crippen LogP contribution in [-0.4, -0.2) is 20.1 Å². The zero-order valence-corrected chi connectivity index (χ0v) is 16.0. The molecule has 0 aliphatic carbocycles. The maximum atomic E-state index is 12.7. The van der Waals surface area contributed by atoms with Crippen LogP contribution < -0.4 is 15.4 Å². The molecule has 0 fully saturated rings. The van der Waals surface area contributed by atoms with E-state index in [1.807, 2.05) is 37.4 Å². The first kappa shape index (κ1) is 17.0. The quantitative estimate of drug-likeness (QED) is 0.615. The van der Waals surface area contributed by atoms with E-state index in [4.69, 9.17) is 4.42 Å². The van der Waals surface area contributed by atoms with Gasteiger partial charge in [-0.05, 0) is 44.2 Å². The maximum Gasteiger partial charge on any atom is 0.342 e. The van der Waals surface area contributed by atoms with Crippen molar-refractivity contribution in [3.63, 3.8) is 0 Å². The van der Waals surface area contributed by atoms with Gasteiger partial charge in [-0.3, -0.25) is 0 Å². The van der Waals surface area contributed by atoms with Gasteiger partial charge in [0, 0.05) is 42.2 Å². The predicted octanol–water partition coefficient (Wildman–Crippen LogP) is 4.88. The molecule has 1 atom stereocenters. The third kappa shape index (κ3) is 2.76. The number of rotatable bonds is 4. The van der Waals surface area contributed by atoms with E-state index in [2.05, 4.69) is 41.8 Å². The van der Waals surface area contributed by atoms with E-state index in [-0.39, 0.29) is 11.0 Å². The van der Waals surface area contributed by atoms with Crippen molar-refractivity contribution in [1.29, 1.82) is 0 Å². The molecule has 0 saturated carbocycles. The van der Waals surface area contributed by atoms with Crippen LogP contribution in [0, 0.1) is 0 Å². The molecule has 5 heteroatoms. The van der Waals surface area contributed by atoms with E-state index in [1.54, 1.807) is 11.8 Å². The summed E-state index contributed by atoms with van der Waals surface area (Å²) in [5.41, 5.74) is 3.31. The Labute approximate surface area is 157 Å². The Bertz CT molecular complexity index is 1010. The number of hydrogen-bond acceptors (Lipinski definition) is 5. The fourth-order valence-corrected chi connectivity index (χ4v) is 4.81. The first-order chi connectivity index (χ1) is 12.6. The van der Waals surface area contributed by atoms with Crippen LogP contribution in [0.4, 0.5) is 11.4 Å². The smallest absolute Gasteiger partial charge is 0.342 e. The van der Waals surface area contributed by atoms with Crippen LogP contribution in [0.5, 0.6) is 0 Å². The lowest BCUT2D eigenvalue weighted by atomic mass is 10.1. The molecule has 0 bridgehead atoms. The van der Waals surface area contributed by atoms with Crippen molar-refractivity contribution in [1.82, 2.24) is 0 Å². The zero-order chi connectivity index (χ0) is 18.3. The second kappa shape index (κ2) is 6.72. The van der Waals surface area contributed by atoms with Gasteiger partial charge < -0.3 is 14.2 Å². The zero-order valence-electron chi connectivity index (χ0n) is 15.2. The summed E-state index contributed by atoms with van der Waals surface area (Å²) in [6.45, 7) is 6.09. The number of anilines is 2. The van der Waals surface area contributed by atoms with Gasteiger partial charge in [0.05, 0.1) is 11.3 Å². The number of nitrogens with zero attached hydrogens (tertiary/aromatic N) is 2. The minimum atomic E-state index is -0.258. The summed E-state index contributed by atoms with van der Waals surface area (Å²) >= 11 is 1.69. The molecule has 26 heavy (non-hydrogen) atoms. The molecule has 0 N–H and O–H groups in total. The highest BCUT2D eigenvalue weighted by molar-refractivity contribution is 8.00. The average molecular weight is 366 g/mol. The molecule has 3 aromatic rings. The van der Waals surface area contributed by atoms with Crippen LogP contribution in [0.3, 0.4) is 0 Å². The number of hydrogen-bond donors (Lipinski definition) is 0. The minimum Gasteiger partial charge on any atom is -0.422 e. The second-order valence-corrected chi connectivity index (χ2v) is 7.55. The fraction of sp³-hybridized carbons (Fsp3) is 0.286. The Hall–Kier alpha value is -2.40. The van der Waals surface area contributed by atoms with Crippen molar-refractivity contribution >= 4 is 34.1 Å². The van der Waals surface area contributed by atoms with Crippen LogP contribution in [0.2, 0.25) is 0 Å². The molecule has 0 amide bonds. The Balaban J connectivity index is 1.75. The SMILES string of the molecule is CCN(CC)c1ccc2cc(C3Sc4ccccc4N3C)c(=O)oc2c1. The van der Waals surface area contributed by atoms with E-state index in [0.717, 1.165) is 29.9 Å². The lowest BCUT2D eigenvalue weighted by molar-refractivity contribution is 0.548. The second-order valence-electron chi connectivity index (χ2n) is 6.43. The van der Waals surface area contributed by atoms with Gasteiger partial charge in [-0.25, -0.2) is 4.79 Å². The van der Waals surface area contributed by atoms with Gasteiger partial charge in [-0.15, -0.1) is 0 Å². The van der Waals surface area contributed by atoms with Crippen molar-refractivity contribution in [3.05, 3.63) is 64.5 Å². The summed E-state index contributed by atoms with van der Waals surface area (Å²) in [6.07, 6.45) is 0. The van der Waals surface area contributed by atoms with Crippen molar-refractivity contribution in [3.8, 4) is 0 Å². The molecule has 4 nitrogen and oxygen atoms in total. The summed E-state index contributed by atoms with van der Waals surface area (Å²) < 4.78 is 5.71. The number of para-hydroxylation sites is 1. The summed E-state index contributed by atoms with van der Waals surface area (Å²) in [5.74, 6) is 0. The molecule has 0 spiro atoms. The highest BCUT2D eigenvalue weighted by atomic mass is 32.2. The van der Waals surface area contributed by atoms with Crippen LogP contribution in [0.25, 0.3) is 11.0 Å². The number of fused-ring (bicyclic) bond motifs is 2. The Morgan fingerprint density at radius 3 is 2.62 bits per heavy atom. The predicted molar refractivity (Wildman–Crippen MR) is 109 cm³/mol. The number of thioether (sulfide) groups is 1. The molecule has 1 aromatic heterocycles. The first-order valence-electron chi connectivity index (χ1n) is 8.93. The van der Waals surface area contributed by atoms with Crippen LogP contribution >= 0.6 is 11.8 Å². The topological polar surface area (TPSA) is 36.7 Å². The van der Waals surface area contributed by atoms with Gasteiger partial charge in [-0.2, -0.15) is 0 Å². The Kier molecular flexibility index (Phi) is 4.41. The van der Waals surface area contributed by atoms with Crippen molar-refractivity contribution in [2.45, 2.75) is 24.1 Å². The van der Waals surface area contributed by atoms with E-state index in [9.17, 15) is 4.79 Å². The normalized spacial score (nSPS) is 16.1. The van der Waals surface area contributed by atoms with Crippen LogP contribution in [-0.2, 0) is 0 Å². The third-order valence-corrected chi connectivity index (χ3v) is 6.37. The lowest BCUT2D eigenvalue weighted by Gasteiger charge is -2.22. The molecule has 2 aromatic carbocycles. The summed E-state index contributed by atoms with van der Waals surface area (Å²) in [4.78, 5) is 18.3. The summed E-state index contributed by atoms with van der Waals surface area (Å²) in [6, 6.07) is 16.3. The Morgan fingerprint density at radius 2 is 1.88 bits per heavy atom. The molecule has 134 valence electrons. The summed E-state index contributed by atoms with van der Waals surface area (Å²) in [5, 5.41) is 0.899. The fourth-order valence-electron chi connectivity index (χ4n) is 3.52. The maximum absolute atomic E-state index is 12.7. The Morgan fingerprint density at radius 1 is 1.12 bits per heavy atom. The monoisotopic (exact) mass is 366 g/mol. The molecular weight excluding hydrogens is 344 g/mol. The van der Waals surface area contributed by atoms with Crippen molar-refractivity contribution < 1.29 is 4.42 Å². The van der Waals surface area contributed by atoms with Crippen LogP contribution in [0.15, 0.2) is 62.6 Å². The summed E-state index contributed by atoms with van der Waals surface area (Å²) in [7, 11) is 2.02. The van der Waals surface area contributed by atoms with Gasteiger partial charge in [0.1, 0.15) is 11.0 Å². The average Bonchev–Trinajstić information content (AvgIpc) is 2.99. The highest BCUT2D eigenvalue weighted by Crippen LogP contribution is 2.49. The molecule has 1 aliphatic heterocycles. The van der Waals surface area contributed by atoms with Gasteiger partial charge >= 0.3 is 5.63 Å². The lowest BCUT2D eigenvalue weighted by Crippen LogP contribution is -2.23. The van der Waals surface area contributed by atoms with E-state index in [0.29, 0.717) is 11.1 Å².